The predicted molar refractivity (Wildman–Crippen MR) is 70.5 cm³/mol. The van der Waals surface area contributed by atoms with Crippen LogP contribution in [0.4, 0.5) is 5.69 Å². The highest BCUT2D eigenvalue weighted by atomic mass is 16.6. The molecule has 1 saturated carbocycles. The number of rotatable bonds is 4. The smallest absolute Gasteiger partial charge is 0.271 e. The van der Waals surface area contributed by atoms with E-state index < -0.39 is 4.92 Å². The fraction of sp³-hybridized carbons (Fsp3) is 0.385. The van der Waals surface area contributed by atoms with Crippen LogP contribution in [0.25, 0.3) is 5.69 Å². The zero-order valence-electron chi connectivity index (χ0n) is 10.8. The molecular weight excluding hydrogens is 260 g/mol. The van der Waals surface area contributed by atoms with Gasteiger partial charge in [0.15, 0.2) is 0 Å². The van der Waals surface area contributed by atoms with E-state index in [2.05, 4.69) is 10.3 Å². The minimum atomic E-state index is -0.434. The molecule has 1 aromatic heterocycles. The van der Waals surface area contributed by atoms with Crippen LogP contribution in [0.5, 0.6) is 0 Å². The second-order valence-electron chi connectivity index (χ2n) is 4.90. The topological polar surface area (TPSA) is 94.1 Å². The number of hydrogen-bond donors (Lipinski definition) is 1. The Morgan fingerprint density at radius 3 is 2.85 bits per heavy atom. The normalized spacial score (nSPS) is 15.1. The Morgan fingerprint density at radius 2 is 2.25 bits per heavy atom. The van der Waals surface area contributed by atoms with Gasteiger partial charge in [0.05, 0.1) is 22.9 Å². The lowest BCUT2D eigenvalue weighted by molar-refractivity contribution is -0.384. The Morgan fingerprint density at radius 1 is 1.45 bits per heavy atom. The lowest BCUT2D eigenvalue weighted by Crippen LogP contribution is -2.16. The number of aliphatic hydroxyl groups excluding tert-OH is 1. The minimum Gasteiger partial charge on any atom is -0.390 e. The van der Waals surface area contributed by atoms with Gasteiger partial charge in [0, 0.05) is 18.1 Å². The molecule has 0 spiro atoms. The molecule has 7 nitrogen and oxygen atoms in total. The molecule has 1 aliphatic rings. The van der Waals surface area contributed by atoms with Crippen molar-refractivity contribution in [1.82, 2.24) is 15.0 Å². The van der Waals surface area contributed by atoms with Crippen molar-refractivity contribution in [1.29, 1.82) is 0 Å². The molecule has 1 N–H and O–H groups in total. The van der Waals surface area contributed by atoms with Gasteiger partial charge in [0.2, 0.25) is 0 Å². The molecule has 1 heterocycles. The van der Waals surface area contributed by atoms with Gasteiger partial charge in [-0.15, -0.1) is 5.10 Å². The Labute approximate surface area is 115 Å². The Kier molecular flexibility index (Phi) is 3.19. The number of non-ortho nitro benzene ring substituents is 1. The van der Waals surface area contributed by atoms with Crippen molar-refractivity contribution in [3.63, 3.8) is 0 Å². The van der Waals surface area contributed by atoms with Crippen molar-refractivity contribution in [2.45, 2.75) is 31.8 Å². The van der Waals surface area contributed by atoms with Gasteiger partial charge in [0.25, 0.3) is 5.69 Å². The highest BCUT2D eigenvalue weighted by Gasteiger charge is 2.28. The van der Waals surface area contributed by atoms with Crippen molar-refractivity contribution >= 4 is 5.69 Å². The first-order valence-corrected chi connectivity index (χ1v) is 6.51. The van der Waals surface area contributed by atoms with Crippen LogP contribution >= 0.6 is 0 Å². The molecule has 1 aromatic carbocycles. The number of hydrogen-bond acceptors (Lipinski definition) is 5. The Balaban J connectivity index is 2.07. The number of nitro groups is 1. The summed E-state index contributed by atoms with van der Waals surface area (Å²) in [7, 11) is 0. The van der Waals surface area contributed by atoms with Gasteiger partial charge in [-0.1, -0.05) is 17.7 Å². The van der Waals surface area contributed by atoms with Crippen molar-refractivity contribution in [3.8, 4) is 5.69 Å². The van der Waals surface area contributed by atoms with Crippen LogP contribution in [0.2, 0.25) is 0 Å². The van der Waals surface area contributed by atoms with E-state index in [1.807, 2.05) is 0 Å². The lowest BCUT2D eigenvalue weighted by Gasteiger charge is -2.26. The van der Waals surface area contributed by atoms with E-state index in [1.165, 1.54) is 12.1 Å². The summed E-state index contributed by atoms with van der Waals surface area (Å²) in [4.78, 5) is 10.4. The van der Waals surface area contributed by atoms with Gasteiger partial charge in [-0.25, -0.2) is 4.68 Å². The van der Waals surface area contributed by atoms with Crippen LogP contribution in [0, 0.1) is 10.1 Å². The zero-order valence-corrected chi connectivity index (χ0v) is 10.8. The van der Waals surface area contributed by atoms with Gasteiger partial charge < -0.3 is 5.11 Å². The highest BCUT2D eigenvalue weighted by molar-refractivity contribution is 5.44. The summed E-state index contributed by atoms with van der Waals surface area (Å²) in [6.07, 6.45) is 3.22. The van der Waals surface area contributed by atoms with Crippen LogP contribution in [0.1, 0.15) is 36.6 Å². The van der Waals surface area contributed by atoms with E-state index in [9.17, 15) is 15.2 Å². The highest BCUT2D eigenvalue weighted by Crippen LogP contribution is 2.38. The fourth-order valence-corrected chi connectivity index (χ4v) is 2.45. The van der Waals surface area contributed by atoms with Crippen LogP contribution < -0.4 is 0 Å². The van der Waals surface area contributed by atoms with E-state index in [0.717, 1.165) is 25.0 Å². The molecule has 2 aromatic rings. The molecule has 104 valence electrons. The van der Waals surface area contributed by atoms with Crippen LogP contribution in [0.15, 0.2) is 24.3 Å². The Bertz CT molecular complexity index is 649. The molecule has 20 heavy (non-hydrogen) atoms. The van der Waals surface area contributed by atoms with Crippen molar-refractivity contribution in [3.05, 3.63) is 45.8 Å². The number of aliphatic hydroxyl groups is 1. The zero-order chi connectivity index (χ0) is 14.1. The lowest BCUT2D eigenvalue weighted by atomic mass is 9.82. The number of nitro benzene ring substituents is 1. The van der Waals surface area contributed by atoms with Gasteiger partial charge in [-0.2, -0.15) is 0 Å². The summed E-state index contributed by atoms with van der Waals surface area (Å²) in [6, 6.07) is 6.29. The van der Waals surface area contributed by atoms with Crippen molar-refractivity contribution in [2.24, 2.45) is 0 Å². The summed E-state index contributed by atoms with van der Waals surface area (Å²) in [5.41, 5.74) is 2.05. The largest absolute Gasteiger partial charge is 0.390 e. The van der Waals surface area contributed by atoms with Crippen molar-refractivity contribution in [2.75, 3.05) is 0 Å². The van der Waals surface area contributed by atoms with Gasteiger partial charge >= 0.3 is 0 Å². The third-order valence-corrected chi connectivity index (χ3v) is 3.71. The third-order valence-electron chi connectivity index (χ3n) is 3.71. The van der Waals surface area contributed by atoms with E-state index in [4.69, 9.17) is 0 Å². The van der Waals surface area contributed by atoms with E-state index in [1.54, 1.807) is 16.8 Å². The maximum atomic E-state index is 10.9. The molecule has 0 radical (unpaired) electrons. The molecule has 1 fully saturated rings. The van der Waals surface area contributed by atoms with Crippen molar-refractivity contribution < 1.29 is 10.0 Å². The quantitative estimate of drug-likeness (QED) is 0.679. The van der Waals surface area contributed by atoms with Gasteiger partial charge in [0.1, 0.15) is 5.69 Å². The first-order valence-electron chi connectivity index (χ1n) is 6.51. The second kappa shape index (κ2) is 5.01. The molecule has 3 rings (SSSR count). The van der Waals surface area contributed by atoms with Crippen LogP contribution in [-0.4, -0.2) is 25.0 Å². The minimum absolute atomic E-state index is 0.0168. The van der Waals surface area contributed by atoms with E-state index in [0.29, 0.717) is 17.3 Å². The summed E-state index contributed by atoms with van der Waals surface area (Å²) in [5, 5.41) is 28.2. The molecule has 7 heteroatoms. The molecule has 0 amide bonds. The molecule has 0 unspecified atom stereocenters. The number of nitrogens with zero attached hydrogens (tertiary/aromatic N) is 4. The van der Waals surface area contributed by atoms with Crippen LogP contribution in [0.3, 0.4) is 0 Å². The summed E-state index contributed by atoms with van der Waals surface area (Å²) >= 11 is 0. The predicted octanol–water partition coefficient (Wildman–Crippen LogP) is 1.94. The molecule has 0 saturated heterocycles. The summed E-state index contributed by atoms with van der Waals surface area (Å²) in [5.74, 6) is 0.325. The van der Waals surface area contributed by atoms with Gasteiger partial charge in [-0.3, -0.25) is 10.1 Å². The summed E-state index contributed by atoms with van der Waals surface area (Å²) < 4.78 is 1.61. The average molecular weight is 274 g/mol. The Hall–Kier alpha value is -2.28. The molecular formula is C13H14N4O3. The van der Waals surface area contributed by atoms with E-state index in [-0.39, 0.29) is 12.3 Å². The van der Waals surface area contributed by atoms with Gasteiger partial charge in [-0.05, 0) is 18.9 Å². The maximum absolute atomic E-state index is 10.9. The molecule has 0 aliphatic heterocycles. The standard InChI is InChI=1S/C13H14N4O3/c18-8-12-13(9-3-1-4-9)16(15-14-12)10-5-2-6-11(7-10)17(19)20/h2,5-7,9,18H,1,3-4,8H2. The molecule has 0 bridgehead atoms. The first-order chi connectivity index (χ1) is 9.70. The third kappa shape index (κ3) is 2.05. The number of benzene rings is 1. The monoisotopic (exact) mass is 274 g/mol. The fourth-order valence-electron chi connectivity index (χ4n) is 2.45. The molecule has 0 atom stereocenters. The molecule has 1 aliphatic carbocycles. The second-order valence-corrected chi connectivity index (χ2v) is 4.90. The van der Waals surface area contributed by atoms with E-state index >= 15 is 0 Å². The summed E-state index contributed by atoms with van der Waals surface area (Å²) in [6.45, 7) is -0.166. The maximum Gasteiger partial charge on any atom is 0.271 e. The average Bonchev–Trinajstić information content (AvgIpc) is 2.80. The number of aromatic nitrogens is 3. The SMILES string of the molecule is O=[N+]([O-])c1cccc(-n2nnc(CO)c2C2CCC2)c1. The van der Waals surface area contributed by atoms with Crippen LogP contribution in [-0.2, 0) is 6.61 Å². The first kappa shape index (κ1) is 12.7.